The van der Waals surface area contributed by atoms with Crippen molar-refractivity contribution in [3.8, 4) is 0 Å². The molecule has 1 atom stereocenters. The van der Waals surface area contributed by atoms with Gasteiger partial charge in [0.1, 0.15) is 6.04 Å². The summed E-state index contributed by atoms with van der Waals surface area (Å²) in [4.78, 5) is 10.9. The Morgan fingerprint density at radius 2 is 1.80 bits per heavy atom. The summed E-state index contributed by atoms with van der Waals surface area (Å²) in [6, 6.07) is 3.96. The number of rotatable bonds is 7. The first kappa shape index (κ1) is 19.8. The molecule has 1 heterocycles. The van der Waals surface area contributed by atoms with Crippen molar-refractivity contribution in [3.05, 3.63) is 24.3 Å². The van der Waals surface area contributed by atoms with Crippen molar-refractivity contribution in [1.82, 2.24) is 8.61 Å². The molecular formula is C15H22N2O6S2. The number of nitrogens with zero attached hydrogens (tertiary/aromatic N) is 2. The highest BCUT2D eigenvalue weighted by Crippen LogP contribution is 2.28. The van der Waals surface area contributed by atoms with Crippen molar-refractivity contribution in [3.63, 3.8) is 0 Å². The molecule has 1 aromatic carbocycles. The molecular weight excluding hydrogens is 368 g/mol. The Morgan fingerprint density at radius 3 is 2.36 bits per heavy atom. The number of carboxylic acid groups (broad SMARTS) is 1. The second-order valence-corrected chi connectivity index (χ2v) is 9.50. The second-order valence-electron chi connectivity index (χ2n) is 5.68. The van der Waals surface area contributed by atoms with Crippen LogP contribution >= 0.6 is 0 Å². The topological polar surface area (TPSA) is 112 Å². The molecule has 1 saturated heterocycles. The molecule has 0 aliphatic carbocycles. The van der Waals surface area contributed by atoms with E-state index in [0.717, 1.165) is 10.4 Å². The van der Waals surface area contributed by atoms with E-state index in [1.165, 1.54) is 22.5 Å². The number of aliphatic carboxylic acids is 1. The maximum absolute atomic E-state index is 12.8. The number of benzene rings is 1. The van der Waals surface area contributed by atoms with Crippen molar-refractivity contribution in [2.24, 2.45) is 0 Å². The molecule has 10 heteroatoms. The number of carbonyl (C=O) groups is 1. The fraction of sp³-hybridized carbons (Fsp3) is 0.533. The van der Waals surface area contributed by atoms with E-state index in [1.807, 2.05) is 0 Å². The van der Waals surface area contributed by atoms with Gasteiger partial charge in [-0.05, 0) is 31.0 Å². The molecule has 1 aliphatic heterocycles. The Labute approximate surface area is 148 Å². The van der Waals surface area contributed by atoms with Crippen LogP contribution in [0.4, 0.5) is 0 Å². The Morgan fingerprint density at radius 1 is 1.20 bits per heavy atom. The molecule has 140 valence electrons. The van der Waals surface area contributed by atoms with Gasteiger partial charge in [0, 0.05) is 19.6 Å². The van der Waals surface area contributed by atoms with E-state index in [-0.39, 0.29) is 35.8 Å². The van der Waals surface area contributed by atoms with E-state index in [2.05, 4.69) is 0 Å². The van der Waals surface area contributed by atoms with Crippen LogP contribution in [0.5, 0.6) is 0 Å². The third-order valence-electron chi connectivity index (χ3n) is 4.24. The minimum atomic E-state index is -4.09. The Kier molecular flexibility index (Phi) is 5.87. The number of hydrogen-bond donors (Lipinski definition) is 1. The molecule has 1 N–H and O–H groups in total. The van der Waals surface area contributed by atoms with Gasteiger partial charge < -0.3 is 5.11 Å². The molecule has 0 saturated carbocycles. The van der Waals surface area contributed by atoms with Gasteiger partial charge in [-0.15, -0.1) is 0 Å². The monoisotopic (exact) mass is 390 g/mol. The molecule has 1 aromatic rings. The molecule has 1 fully saturated rings. The lowest BCUT2D eigenvalue weighted by molar-refractivity contribution is -0.140. The van der Waals surface area contributed by atoms with E-state index in [0.29, 0.717) is 6.42 Å². The Bertz CT molecular complexity index is 847. The van der Waals surface area contributed by atoms with Crippen LogP contribution in [0.15, 0.2) is 34.1 Å². The van der Waals surface area contributed by atoms with Crippen LogP contribution < -0.4 is 0 Å². The summed E-state index contributed by atoms with van der Waals surface area (Å²) < 4.78 is 52.9. The van der Waals surface area contributed by atoms with Crippen LogP contribution in [0.1, 0.15) is 26.7 Å². The average molecular weight is 390 g/mol. The van der Waals surface area contributed by atoms with Crippen LogP contribution in [0, 0.1) is 0 Å². The highest BCUT2D eigenvalue weighted by Gasteiger charge is 2.39. The van der Waals surface area contributed by atoms with E-state index in [1.54, 1.807) is 13.8 Å². The van der Waals surface area contributed by atoms with Gasteiger partial charge in [-0.2, -0.15) is 8.61 Å². The van der Waals surface area contributed by atoms with Crippen LogP contribution in [-0.2, 0) is 24.8 Å². The standard InChI is InChI=1S/C15H22N2O6S2/c1-3-16(4-2)24(20,21)12-7-5-8-13(11-12)25(22,23)17-10-6-9-14(17)15(18)19/h5,7-8,11,14H,3-4,6,9-10H2,1-2H3,(H,18,19)/t14-/m0/s1. The molecule has 0 bridgehead atoms. The third-order valence-corrected chi connectivity index (χ3v) is 8.19. The largest absolute Gasteiger partial charge is 0.480 e. The first-order valence-electron chi connectivity index (χ1n) is 8.01. The highest BCUT2D eigenvalue weighted by molar-refractivity contribution is 7.90. The molecule has 25 heavy (non-hydrogen) atoms. The van der Waals surface area contributed by atoms with Gasteiger partial charge in [0.2, 0.25) is 20.0 Å². The third kappa shape index (κ3) is 3.71. The summed E-state index contributed by atoms with van der Waals surface area (Å²) in [5, 5.41) is 9.21. The lowest BCUT2D eigenvalue weighted by Gasteiger charge is -2.22. The summed E-state index contributed by atoms with van der Waals surface area (Å²) in [6.07, 6.45) is 0.694. The average Bonchev–Trinajstić information content (AvgIpc) is 3.06. The van der Waals surface area contributed by atoms with Crippen molar-refractivity contribution >= 4 is 26.0 Å². The maximum atomic E-state index is 12.8. The van der Waals surface area contributed by atoms with Crippen LogP contribution in [0.3, 0.4) is 0 Å². The van der Waals surface area contributed by atoms with Crippen molar-refractivity contribution in [2.75, 3.05) is 19.6 Å². The first-order valence-corrected chi connectivity index (χ1v) is 10.9. The summed E-state index contributed by atoms with van der Waals surface area (Å²) in [6.45, 7) is 4.03. The van der Waals surface area contributed by atoms with Gasteiger partial charge in [0.05, 0.1) is 9.79 Å². The predicted octanol–water partition coefficient (Wildman–Crippen LogP) is 0.955. The second kappa shape index (κ2) is 7.40. The van der Waals surface area contributed by atoms with Gasteiger partial charge in [-0.3, -0.25) is 4.79 Å². The van der Waals surface area contributed by atoms with Crippen molar-refractivity contribution in [1.29, 1.82) is 0 Å². The Hall–Kier alpha value is -1.49. The predicted molar refractivity (Wildman–Crippen MR) is 91.1 cm³/mol. The summed E-state index contributed by atoms with van der Waals surface area (Å²) >= 11 is 0. The normalized spacial score (nSPS) is 19.4. The maximum Gasteiger partial charge on any atom is 0.322 e. The lowest BCUT2D eigenvalue weighted by atomic mass is 10.2. The van der Waals surface area contributed by atoms with Gasteiger partial charge in [0.25, 0.3) is 0 Å². The molecule has 8 nitrogen and oxygen atoms in total. The molecule has 0 amide bonds. The lowest BCUT2D eigenvalue weighted by Crippen LogP contribution is -2.40. The zero-order chi connectivity index (χ0) is 18.8. The molecule has 1 aliphatic rings. The molecule has 0 spiro atoms. The van der Waals surface area contributed by atoms with E-state index in [4.69, 9.17) is 0 Å². The molecule has 0 aromatic heterocycles. The van der Waals surface area contributed by atoms with Gasteiger partial charge in [-0.25, -0.2) is 16.8 Å². The van der Waals surface area contributed by atoms with E-state index >= 15 is 0 Å². The fourth-order valence-electron chi connectivity index (χ4n) is 2.92. The quantitative estimate of drug-likeness (QED) is 0.742. The zero-order valence-corrected chi connectivity index (χ0v) is 15.8. The summed E-state index contributed by atoms with van der Waals surface area (Å²) in [5.74, 6) is -1.20. The molecule has 2 rings (SSSR count). The molecule has 0 unspecified atom stereocenters. The summed E-state index contributed by atoms with van der Waals surface area (Å²) in [7, 11) is -7.89. The number of hydrogen-bond acceptors (Lipinski definition) is 5. The van der Waals surface area contributed by atoms with Gasteiger partial charge in [0.15, 0.2) is 0 Å². The minimum Gasteiger partial charge on any atom is -0.480 e. The highest BCUT2D eigenvalue weighted by atomic mass is 32.2. The van der Waals surface area contributed by atoms with E-state index < -0.39 is 32.1 Å². The van der Waals surface area contributed by atoms with Gasteiger partial charge >= 0.3 is 5.97 Å². The SMILES string of the molecule is CCN(CC)S(=O)(=O)c1cccc(S(=O)(=O)N2CCC[C@H]2C(=O)O)c1. The Balaban J connectivity index is 2.46. The minimum absolute atomic E-state index is 0.103. The smallest absolute Gasteiger partial charge is 0.322 e. The van der Waals surface area contributed by atoms with Crippen LogP contribution in [0.2, 0.25) is 0 Å². The summed E-state index contributed by atoms with van der Waals surface area (Å²) in [5.41, 5.74) is 0. The first-order chi connectivity index (χ1) is 11.7. The number of sulfonamides is 2. The van der Waals surface area contributed by atoms with Crippen molar-refractivity contribution in [2.45, 2.75) is 42.5 Å². The van der Waals surface area contributed by atoms with Gasteiger partial charge in [-0.1, -0.05) is 19.9 Å². The van der Waals surface area contributed by atoms with Crippen molar-refractivity contribution < 1.29 is 26.7 Å². The van der Waals surface area contributed by atoms with Crippen LogP contribution in [-0.4, -0.2) is 62.2 Å². The fourth-order valence-corrected chi connectivity index (χ4v) is 6.19. The zero-order valence-electron chi connectivity index (χ0n) is 14.1. The van der Waals surface area contributed by atoms with E-state index in [9.17, 15) is 26.7 Å². The number of carboxylic acids is 1. The molecule has 0 radical (unpaired) electrons. The van der Waals surface area contributed by atoms with Crippen LogP contribution in [0.25, 0.3) is 0 Å².